The van der Waals surface area contributed by atoms with Gasteiger partial charge in [-0.05, 0) is 0 Å². The van der Waals surface area contributed by atoms with E-state index in [0.29, 0.717) is 0 Å². The summed E-state index contributed by atoms with van der Waals surface area (Å²) >= 11 is 0. The van der Waals surface area contributed by atoms with Crippen molar-refractivity contribution in [2.45, 2.75) is 78.1 Å². The second kappa shape index (κ2) is 30.9. The number of carboxylic acids is 1. The summed E-state index contributed by atoms with van der Waals surface area (Å²) in [6.45, 7) is 4.27. The van der Waals surface area contributed by atoms with Crippen molar-refractivity contribution >= 4 is 5.97 Å². The Bertz CT molecular complexity index is 359. The highest BCUT2D eigenvalue weighted by Gasteiger charge is 2.27. The standard InChI is InChI=1S/C12H26.2C5H12O4.C3H4O2/c1-3-5-7-9-11-12-10-8-6-4-2;2*6-1-5(2-7,3-8)4-9;1-2-3(4)5/h3-12H2,1-2H3;2*6-9H,1-4H2;2H,1H2,(H,4,5). The first-order chi connectivity index (χ1) is 16.7. The van der Waals surface area contributed by atoms with Crippen molar-refractivity contribution in [3.8, 4) is 0 Å². The van der Waals surface area contributed by atoms with Gasteiger partial charge in [-0.3, -0.25) is 0 Å². The molecule has 0 aromatic rings. The summed E-state index contributed by atoms with van der Waals surface area (Å²) in [7, 11) is 0. The number of hydrogen-bond donors (Lipinski definition) is 9. The van der Waals surface area contributed by atoms with Crippen molar-refractivity contribution < 1.29 is 50.8 Å². The average molecular weight is 515 g/mol. The summed E-state index contributed by atoms with van der Waals surface area (Å²) in [6, 6.07) is 0. The zero-order valence-electron chi connectivity index (χ0n) is 21.9. The maximum Gasteiger partial charge on any atom is 0.327 e. The van der Waals surface area contributed by atoms with Gasteiger partial charge in [0.05, 0.1) is 63.7 Å². The van der Waals surface area contributed by atoms with E-state index in [1.165, 1.54) is 64.2 Å². The maximum absolute atomic E-state index is 9.25. The lowest BCUT2D eigenvalue weighted by Crippen LogP contribution is -2.37. The molecule has 0 radical (unpaired) electrons. The summed E-state index contributed by atoms with van der Waals surface area (Å²) in [5, 5.41) is 75.6. The van der Waals surface area contributed by atoms with Gasteiger partial charge in [-0.2, -0.15) is 0 Å². The molecule has 0 atom stereocenters. The fourth-order valence-corrected chi connectivity index (χ4v) is 2.16. The van der Waals surface area contributed by atoms with Gasteiger partial charge in [-0.25, -0.2) is 4.79 Å². The van der Waals surface area contributed by atoms with E-state index < -0.39 is 69.7 Å². The van der Waals surface area contributed by atoms with E-state index >= 15 is 0 Å². The Hall–Kier alpha value is -1.11. The zero-order chi connectivity index (χ0) is 28.0. The van der Waals surface area contributed by atoms with Crippen LogP contribution < -0.4 is 0 Å². The molecule has 0 aromatic carbocycles. The van der Waals surface area contributed by atoms with E-state index in [4.69, 9.17) is 46.0 Å². The molecule has 0 heterocycles. The number of hydrogen-bond acceptors (Lipinski definition) is 9. The van der Waals surface area contributed by atoms with E-state index in [-0.39, 0.29) is 0 Å². The molecule has 0 saturated carbocycles. The van der Waals surface area contributed by atoms with Gasteiger partial charge in [-0.1, -0.05) is 84.6 Å². The van der Waals surface area contributed by atoms with E-state index in [1.54, 1.807) is 0 Å². The van der Waals surface area contributed by atoms with Gasteiger partial charge in [0.25, 0.3) is 0 Å². The third-order valence-electron chi connectivity index (χ3n) is 5.32. The maximum atomic E-state index is 9.25. The van der Waals surface area contributed by atoms with Crippen molar-refractivity contribution in [1.29, 1.82) is 0 Å². The molecule has 0 fully saturated rings. The molecule has 0 aliphatic carbocycles. The molecule has 35 heavy (non-hydrogen) atoms. The normalized spacial score (nSPS) is 10.7. The highest BCUT2D eigenvalue weighted by molar-refractivity contribution is 5.78. The van der Waals surface area contributed by atoms with Crippen LogP contribution in [0.4, 0.5) is 0 Å². The molecule has 0 unspecified atom stereocenters. The number of aliphatic carboxylic acids is 1. The Morgan fingerprint density at radius 2 is 0.714 bits per heavy atom. The van der Waals surface area contributed by atoms with Crippen LogP contribution >= 0.6 is 0 Å². The molecular weight excluding hydrogens is 460 g/mol. The Labute approximate surface area is 211 Å². The molecule has 10 nitrogen and oxygen atoms in total. The van der Waals surface area contributed by atoms with Crippen LogP contribution in [0.3, 0.4) is 0 Å². The van der Waals surface area contributed by atoms with Crippen molar-refractivity contribution in [2.75, 3.05) is 52.9 Å². The third-order valence-corrected chi connectivity index (χ3v) is 5.32. The first kappa shape index (κ1) is 41.0. The van der Waals surface area contributed by atoms with Gasteiger partial charge < -0.3 is 46.0 Å². The molecule has 0 aliphatic rings. The second-order valence-corrected chi connectivity index (χ2v) is 8.64. The Morgan fingerprint density at radius 3 is 0.800 bits per heavy atom. The minimum absolute atomic E-state index is 0.406. The number of carbonyl (C=O) groups is 1. The smallest absolute Gasteiger partial charge is 0.327 e. The quantitative estimate of drug-likeness (QED) is 0.0941. The van der Waals surface area contributed by atoms with Gasteiger partial charge in [0.1, 0.15) is 0 Å². The molecule has 0 spiro atoms. The summed E-state index contributed by atoms with van der Waals surface area (Å²) in [5.41, 5.74) is -2.22. The molecule has 10 heteroatoms. The summed E-state index contributed by atoms with van der Waals surface area (Å²) < 4.78 is 0. The van der Waals surface area contributed by atoms with Crippen LogP contribution in [0, 0.1) is 10.8 Å². The molecule has 0 amide bonds. The Balaban J connectivity index is -0.000000190. The van der Waals surface area contributed by atoms with Crippen LogP contribution in [0.15, 0.2) is 12.7 Å². The highest BCUT2D eigenvalue weighted by atomic mass is 16.4. The largest absolute Gasteiger partial charge is 0.478 e. The van der Waals surface area contributed by atoms with E-state index in [1.807, 2.05) is 0 Å². The van der Waals surface area contributed by atoms with Crippen molar-refractivity contribution in [3.63, 3.8) is 0 Å². The minimum atomic E-state index is -1.11. The van der Waals surface area contributed by atoms with Gasteiger partial charge in [0.2, 0.25) is 0 Å². The molecule has 0 aromatic heterocycles. The number of rotatable bonds is 18. The number of aliphatic hydroxyl groups excluding tert-OH is 8. The van der Waals surface area contributed by atoms with Crippen molar-refractivity contribution in [3.05, 3.63) is 12.7 Å². The molecule has 0 saturated heterocycles. The van der Waals surface area contributed by atoms with Crippen LogP contribution in [0.2, 0.25) is 0 Å². The van der Waals surface area contributed by atoms with E-state index in [2.05, 4.69) is 20.4 Å². The van der Waals surface area contributed by atoms with Crippen molar-refractivity contribution in [1.82, 2.24) is 0 Å². The molecule has 9 N–H and O–H groups in total. The zero-order valence-corrected chi connectivity index (χ0v) is 21.9. The summed E-state index contributed by atoms with van der Waals surface area (Å²) in [5.74, 6) is -0.981. The molecular formula is C25H54O10. The van der Waals surface area contributed by atoms with Gasteiger partial charge in [0.15, 0.2) is 0 Å². The number of unbranched alkanes of at least 4 members (excludes halogenated alkanes) is 9. The van der Waals surface area contributed by atoms with Crippen LogP contribution in [0.1, 0.15) is 78.1 Å². The predicted octanol–water partition coefficient (Wildman–Crippen LogP) is 1.07. The topological polar surface area (TPSA) is 199 Å². The first-order valence-electron chi connectivity index (χ1n) is 12.4. The number of carboxylic acid groups (broad SMARTS) is 1. The molecule has 214 valence electrons. The van der Waals surface area contributed by atoms with Gasteiger partial charge in [-0.15, -0.1) is 0 Å². The van der Waals surface area contributed by atoms with Crippen LogP contribution in [0.5, 0.6) is 0 Å². The third kappa shape index (κ3) is 27.3. The Kier molecular flexibility index (Phi) is 36.3. The second-order valence-electron chi connectivity index (χ2n) is 8.64. The summed E-state index contributed by atoms with van der Waals surface area (Å²) in [6.07, 6.45) is 15.3. The van der Waals surface area contributed by atoms with E-state index in [9.17, 15) is 4.79 Å². The molecule has 0 rings (SSSR count). The average Bonchev–Trinajstić information content (AvgIpc) is 2.90. The van der Waals surface area contributed by atoms with Crippen LogP contribution in [-0.2, 0) is 4.79 Å². The van der Waals surface area contributed by atoms with Gasteiger partial charge >= 0.3 is 5.97 Å². The Morgan fingerprint density at radius 1 is 0.543 bits per heavy atom. The van der Waals surface area contributed by atoms with Crippen molar-refractivity contribution in [2.24, 2.45) is 10.8 Å². The first-order valence-corrected chi connectivity index (χ1v) is 12.4. The van der Waals surface area contributed by atoms with Gasteiger partial charge in [0, 0.05) is 6.08 Å². The monoisotopic (exact) mass is 514 g/mol. The predicted molar refractivity (Wildman–Crippen MR) is 137 cm³/mol. The summed E-state index contributed by atoms with van der Waals surface area (Å²) in [4.78, 5) is 9.25. The lowest BCUT2D eigenvalue weighted by atomic mass is 9.93. The molecule has 0 aliphatic heterocycles. The van der Waals surface area contributed by atoms with Crippen LogP contribution in [0.25, 0.3) is 0 Å². The highest BCUT2D eigenvalue weighted by Crippen LogP contribution is 2.12. The van der Waals surface area contributed by atoms with Crippen LogP contribution in [-0.4, -0.2) is 105 Å². The number of aliphatic hydroxyl groups is 8. The lowest BCUT2D eigenvalue weighted by molar-refractivity contribution is -0.131. The lowest BCUT2D eigenvalue weighted by Gasteiger charge is -2.23. The minimum Gasteiger partial charge on any atom is -0.478 e. The molecule has 0 bridgehead atoms. The fourth-order valence-electron chi connectivity index (χ4n) is 2.16. The fraction of sp³-hybridized carbons (Fsp3) is 0.880. The SMILES string of the molecule is C=CC(=O)O.CCCCCCCCCCCC.OCC(CO)(CO)CO.OCC(CO)(CO)CO. The van der Waals surface area contributed by atoms with E-state index in [0.717, 1.165) is 6.08 Å².